The van der Waals surface area contributed by atoms with Crippen molar-refractivity contribution in [1.82, 2.24) is 10.2 Å². The highest BCUT2D eigenvalue weighted by Crippen LogP contribution is 2.23. The summed E-state index contributed by atoms with van der Waals surface area (Å²) in [5.41, 5.74) is 3.07. The second-order valence-corrected chi connectivity index (χ2v) is 7.54. The summed E-state index contributed by atoms with van der Waals surface area (Å²) in [6.07, 6.45) is 5.03. The number of carbonyl (C=O) groups is 1. The van der Waals surface area contributed by atoms with Crippen molar-refractivity contribution in [1.29, 1.82) is 0 Å². The van der Waals surface area contributed by atoms with Crippen LogP contribution in [0.3, 0.4) is 0 Å². The van der Waals surface area contributed by atoms with Crippen LogP contribution < -0.4 is 10.2 Å². The molecule has 3 heterocycles. The van der Waals surface area contributed by atoms with Crippen LogP contribution >= 0.6 is 0 Å². The van der Waals surface area contributed by atoms with E-state index < -0.39 is 0 Å². The maximum Gasteiger partial charge on any atom is 0.259 e. The highest BCUT2D eigenvalue weighted by Gasteiger charge is 2.14. The summed E-state index contributed by atoms with van der Waals surface area (Å²) in [5.74, 6) is 2.13. The van der Waals surface area contributed by atoms with E-state index in [0.717, 1.165) is 41.6 Å². The quantitative estimate of drug-likeness (QED) is 0.680. The summed E-state index contributed by atoms with van der Waals surface area (Å²) in [6.45, 7) is 5.73. The molecule has 29 heavy (non-hydrogen) atoms. The molecule has 0 aliphatic carbocycles. The number of carbonyl (C=O) groups excluding carboxylic acids is 1. The van der Waals surface area contributed by atoms with Crippen molar-refractivity contribution < 1.29 is 9.21 Å². The molecule has 150 valence electrons. The molecule has 0 spiro atoms. The lowest BCUT2D eigenvalue weighted by Crippen LogP contribution is -2.25. The fourth-order valence-electron chi connectivity index (χ4n) is 3.73. The van der Waals surface area contributed by atoms with Crippen molar-refractivity contribution in [2.75, 3.05) is 23.3 Å². The minimum Gasteiger partial charge on any atom is -0.466 e. The maximum absolute atomic E-state index is 12.4. The molecule has 1 aliphatic heterocycles. The van der Waals surface area contributed by atoms with E-state index in [1.807, 2.05) is 43.3 Å². The van der Waals surface area contributed by atoms with Gasteiger partial charge in [0.15, 0.2) is 5.82 Å². The molecule has 3 aromatic rings. The lowest BCUT2D eigenvalue weighted by molar-refractivity contribution is 0.102. The van der Waals surface area contributed by atoms with Gasteiger partial charge in [0.2, 0.25) is 0 Å². The number of nitrogens with zero attached hydrogens (tertiary/aromatic N) is 3. The predicted molar refractivity (Wildman–Crippen MR) is 114 cm³/mol. The molecule has 1 aliphatic rings. The molecule has 1 amide bonds. The fraction of sp³-hybridized carbons (Fsp3) is 0.348. The molecule has 1 N–H and O–H groups in total. The number of hydrogen-bond acceptors (Lipinski definition) is 5. The number of nitrogens with one attached hydrogen (secondary N) is 1. The number of hydrogen-bond donors (Lipinski definition) is 1. The van der Waals surface area contributed by atoms with E-state index in [1.165, 1.54) is 25.7 Å². The second kappa shape index (κ2) is 8.47. The number of aryl methyl sites for hydroxylation is 2. The third kappa shape index (κ3) is 4.47. The summed E-state index contributed by atoms with van der Waals surface area (Å²) < 4.78 is 5.43. The van der Waals surface area contributed by atoms with Gasteiger partial charge in [0.1, 0.15) is 11.5 Å². The second-order valence-electron chi connectivity index (χ2n) is 7.54. The van der Waals surface area contributed by atoms with Crippen molar-refractivity contribution in [2.24, 2.45) is 0 Å². The van der Waals surface area contributed by atoms with Crippen LogP contribution in [0, 0.1) is 13.8 Å². The largest absolute Gasteiger partial charge is 0.466 e. The molecule has 0 radical (unpaired) electrons. The molecular weight excluding hydrogens is 364 g/mol. The molecule has 2 aromatic heterocycles. The van der Waals surface area contributed by atoms with Gasteiger partial charge in [0.25, 0.3) is 5.91 Å². The van der Waals surface area contributed by atoms with Crippen LogP contribution in [0.2, 0.25) is 0 Å². The smallest absolute Gasteiger partial charge is 0.259 e. The van der Waals surface area contributed by atoms with Gasteiger partial charge in [-0.2, -0.15) is 0 Å². The van der Waals surface area contributed by atoms with Gasteiger partial charge in [-0.25, -0.2) is 0 Å². The van der Waals surface area contributed by atoms with Crippen LogP contribution in [-0.2, 0) is 0 Å². The minimum absolute atomic E-state index is 0.173. The lowest BCUT2D eigenvalue weighted by Gasteiger charge is -2.20. The number of amides is 1. The Balaban J connectivity index is 1.43. The van der Waals surface area contributed by atoms with Crippen LogP contribution in [0.4, 0.5) is 11.5 Å². The predicted octanol–water partition coefficient (Wildman–Crippen LogP) is 4.99. The summed E-state index contributed by atoms with van der Waals surface area (Å²) in [6, 6.07) is 13.4. The van der Waals surface area contributed by atoms with Crippen molar-refractivity contribution >= 4 is 17.4 Å². The molecule has 1 saturated heterocycles. The number of furan rings is 1. The van der Waals surface area contributed by atoms with Gasteiger partial charge in [-0.15, -0.1) is 10.2 Å². The number of rotatable bonds is 4. The van der Waals surface area contributed by atoms with Crippen LogP contribution in [0.1, 0.15) is 47.6 Å². The number of aromatic nitrogens is 2. The van der Waals surface area contributed by atoms with Crippen molar-refractivity contribution in [3.63, 3.8) is 0 Å². The standard InChI is InChI=1S/C23H26N4O2/c1-16-15-20(17(2)29-16)23(28)24-19-9-7-18(8-10-19)21-11-12-22(26-25-21)27-13-5-3-4-6-14-27/h7-12,15H,3-6,13-14H2,1-2H3,(H,24,28). The average Bonchev–Trinajstić information content (AvgIpc) is 2.92. The summed E-state index contributed by atoms with van der Waals surface area (Å²) >= 11 is 0. The Morgan fingerprint density at radius 2 is 1.69 bits per heavy atom. The molecule has 4 rings (SSSR count). The van der Waals surface area contributed by atoms with E-state index in [0.29, 0.717) is 11.3 Å². The first kappa shape index (κ1) is 19.2. The van der Waals surface area contributed by atoms with Crippen LogP contribution in [0.5, 0.6) is 0 Å². The van der Waals surface area contributed by atoms with E-state index in [2.05, 4.69) is 20.4 Å². The molecule has 0 atom stereocenters. The Bertz CT molecular complexity index is 969. The third-order valence-electron chi connectivity index (χ3n) is 5.30. The molecular formula is C23H26N4O2. The van der Waals surface area contributed by atoms with Crippen molar-refractivity contribution in [3.8, 4) is 11.3 Å². The highest BCUT2D eigenvalue weighted by atomic mass is 16.3. The maximum atomic E-state index is 12.4. The average molecular weight is 390 g/mol. The molecule has 0 bridgehead atoms. The topological polar surface area (TPSA) is 71.3 Å². The Morgan fingerprint density at radius 3 is 2.28 bits per heavy atom. The zero-order valence-electron chi connectivity index (χ0n) is 16.9. The molecule has 1 fully saturated rings. The monoisotopic (exact) mass is 390 g/mol. The van der Waals surface area contributed by atoms with Crippen LogP contribution in [-0.4, -0.2) is 29.2 Å². The van der Waals surface area contributed by atoms with Gasteiger partial charge in [-0.1, -0.05) is 25.0 Å². The zero-order valence-corrected chi connectivity index (χ0v) is 16.9. The van der Waals surface area contributed by atoms with E-state index in [9.17, 15) is 4.79 Å². The summed E-state index contributed by atoms with van der Waals surface area (Å²) in [4.78, 5) is 14.7. The SMILES string of the molecule is Cc1cc(C(=O)Nc2ccc(-c3ccc(N4CCCCCC4)nn3)cc2)c(C)o1. The van der Waals surface area contributed by atoms with Gasteiger partial charge < -0.3 is 14.6 Å². The molecule has 0 unspecified atom stereocenters. The normalized spacial score (nSPS) is 14.5. The molecule has 6 nitrogen and oxygen atoms in total. The molecule has 0 saturated carbocycles. The van der Waals surface area contributed by atoms with Gasteiger partial charge in [0.05, 0.1) is 11.3 Å². The Hall–Kier alpha value is -3.15. The van der Waals surface area contributed by atoms with Crippen LogP contribution in [0.25, 0.3) is 11.3 Å². The van der Waals surface area contributed by atoms with E-state index >= 15 is 0 Å². The van der Waals surface area contributed by atoms with Gasteiger partial charge in [0, 0.05) is 24.3 Å². The highest BCUT2D eigenvalue weighted by molar-refractivity contribution is 6.05. The third-order valence-corrected chi connectivity index (χ3v) is 5.30. The first-order valence-electron chi connectivity index (χ1n) is 10.2. The first-order valence-corrected chi connectivity index (χ1v) is 10.2. The van der Waals surface area contributed by atoms with Gasteiger partial charge >= 0.3 is 0 Å². The first-order chi connectivity index (χ1) is 14.1. The Morgan fingerprint density at radius 1 is 0.966 bits per heavy atom. The van der Waals surface area contributed by atoms with E-state index in [4.69, 9.17) is 4.42 Å². The van der Waals surface area contributed by atoms with Crippen molar-refractivity contribution in [3.05, 3.63) is 59.5 Å². The van der Waals surface area contributed by atoms with E-state index in [-0.39, 0.29) is 5.91 Å². The molecule has 6 heteroatoms. The lowest BCUT2D eigenvalue weighted by atomic mass is 10.1. The number of benzene rings is 1. The summed E-state index contributed by atoms with van der Waals surface area (Å²) in [5, 5.41) is 11.8. The fourth-order valence-corrected chi connectivity index (χ4v) is 3.73. The molecule has 1 aromatic carbocycles. The number of anilines is 2. The van der Waals surface area contributed by atoms with Crippen molar-refractivity contribution in [2.45, 2.75) is 39.5 Å². The zero-order chi connectivity index (χ0) is 20.2. The van der Waals surface area contributed by atoms with E-state index in [1.54, 1.807) is 13.0 Å². The van der Waals surface area contributed by atoms with Crippen LogP contribution in [0.15, 0.2) is 46.9 Å². The Kier molecular flexibility index (Phi) is 5.60. The van der Waals surface area contributed by atoms with Gasteiger partial charge in [-0.05, 0) is 57.0 Å². The Labute approximate surface area is 170 Å². The minimum atomic E-state index is -0.173. The van der Waals surface area contributed by atoms with Gasteiger partial charge in [-0.3, -0.25) is 4.79 Å². The summed E-state index contributed by atoms with van der Waals surface area (Å²) in [7, 11) is 0.